The maximum atomic E-state index is 14.9. The second-order valence-corrected chi connectivity index (χ2v) is 9.54. The Morgan fingerprint density at radius 3 is 2.24 bits per heavy atom. The van der Waals surface area contributed by atoms with Crippen molar-refractivity contribution in [1.82, 2.24) is 0 Å². The molecule has 0 unspecified atom stereocenters. The van der Waals surface area contributed by atoms with E-state index >= 15 is 0 Å². The zero-order chi connectivity index (χ0) is 26.2. The molecule has 0 saturated heterocycles. The molecule has 0 N–H and O–H groups in total. The third-order valence-electron chi connectivity index (χ3n) is 6.95. The third-order valence-corrected chi connectivity index (χ3v) is 6.95. The first-order valence-corrected chi connectivity index (χ1v) is 13.2. The molecule has 37 heavy (non-hydrogen) atoms. The highest BCUT2D eigenvalue weighted by Gasteiger charge is 2.27. The zero-order valence-electron chi connectivity index (χ0n) is 21.6. The second-order valence-electron chi connectivity index (χ2n) is 9.54. The van der Waals surface area contributed by atoms with Crippen LogP contribution in [0.15, 0.2) is 54.6 Å². The molecule has 3 aromatic rings. The van der Waals surface area contributed by atoms with Gasteiger partial charge in [0.05, 0.1) is 12.7 Å². The fraction of sp³-hybridized carbons (Fsp3) is 0.419. The summed E-state index contributed by atoms with van der Waals surface area (Å²) in [6.07, 6.45) is 5.67. The molecule has 0 aromatic heterocycles. The van der Waals surface area contributed by atoms with Crippen molar-refractivity contribution in [1.29, 1.82) is 0 Å². The summed E-state index contributed by atoms with van der Waals surface area (Å²) in [6, 6.07) is 15.1. The summed E-state index contributed by atoms with van der Waals surface area (Å²) < 4.78 is 61.1. The molecule has 6 heteroatoms. The summed E-state index contributed by atoms with van der Waals surface area (Å²) in [6.45, 7) is 5.28. The van der Waals surface area contributed by atoms with Gasteiger partial charge in [-0.1, -0.05) is 43.7 Å². The highest BCUT2D eigenvalue weighted by molar-refractivity contribution is 5.65. The molecule has 1 aliphatic rings. The van der Waals surface area contributed by atoms with Crippen LogP contribution in [0.2, 0.25) is 0 Å². The standard InChI is InChI=1S/C31H35F3O3/c1-3-5-18-36-24-12-10-23(11-13-24)27-16-17-29(31(34)30(27)33)37-20-21-6-8-22(9-7-21)26-15-14-25(35-4-2)19-28(26)32/h6-9,14-17,19,23-24H,3-5,10-13,18,20H2,1-2H3. The summed E-state index contributed by atoms with van der Waals surface area (Å²) in [5.74, 6) is -1.78. The normalized spacial score (nSPS) is 17.5. The molecule has 0 amide bonds. The van der Waals surface area contributed by atoms with Gasteiger partial charge in [0, 0.05) is 18.2 Å². The Hall–Kier alpha value is -2.99. The Kier molecular flexibility index (Phi) is 9.51. The molecular weight excluding hydrogens is 477 g/mol. The predicted molar refractivity (Wildman–Crippen MR) is 140 cm³/mol. The third kappa shape index (κ3) is 6.86. The van der Waals surface area contributed by atoms with Crippen molar-refractivity contribution in [3.05, 3.63) is 83.2 Å². The van der Waals surface area contributed by atoms with E-state index in [9.17, 15) is 13.2 Å². The van der Waals surface area contributed by atoms with Gasteiger partial charge in [0.15, 0.2) is 11.6 Å². The molecule has 0 radical (unpaired) electrons. The van der Waals surface area contributed by atoms with Crippen LogP contribution in [0.5, 0.6) is 11.5 Å². The molecule has 3 aromatic carbocycles. The second kappa shape index (κ2) is 13.0. The van der Waals surface area contributed by atoms with Gasteiger partial charge >= 0.3 is 0 Å². The summed E-state index contributed by atoms with van der Waals surface area (Å²) in [4.78, 5) is 0. The van der Waals surface area contributed by atoms with Gasteiger partial charge in [-0.2, -0.15) is 4.39 Å². The van der Waals surface area contributed by atoms with Crippen LogP contribution in [0.25, 0.3) is 11.1 Å². The molecule has 1 saturated carbocycles. The minimum absolute atomic E-state index is 0.00915. The number of benzene rings is 3. The number of rotatable bonds is 11. The number of ether oxygens (including phenoxy) is 3. The highest BCUT2D eigenvalue weighted by Crippen LogP contribution is 2.37. The molecule has 0 aliphatic heterocycles. The van der Waals surface area contributed by atoms with E-state index in [1.807, 2.05) is 6.92 Å². The summed E-state index contributed by atoms with van der Waals surface area (Å²) >= 11 is 0. The Bertz CT molecular complexity index is 1160. The highest BCUT2D eigenvalue weighted by atomic mass is 19.2. The van der Waals surface area contributed by atoms with E-state index in [4.69, 9.17) is 14.2 Å². The fourth-order valence-corrected chi connectivity index (χ4v) is 4.84. The van der Waals surface area contributed by atoms with Gasteiger partial charge in [-0.15, -0.1) is 0 Å². The molecule has 0 bridgehead atoms. The quantitative estimate of drug-likeness (QED) is 0.241. The summed E-state index contributed by atoms with van der Waals surface area (Å²) in [5.41, 5.74) is 2.34. The predicted octanol–water partition coefficient (Wildman–Crippen LogP) is 8.59. The first-order valence-electron chi connectivity index (χ1n) is 13.2. The maximum Gasteiger partial charge on any atom is 0.200 e. The van der Waals surface area contributed by atoms with E-state index in [-0.39, 0.29) is 30.2 Å². The number of hydrogen-bond acceptors (Lipinski definition) is 3. The van der Waals surface area contributed by atoms with Gasteiger partial charge in [-0.05, 0) is 79.8 Å². The van der Waals surface area contributed by atoms with E-state index in [1.54, 1.807) is 42.5 Å². The van der Waals surface area contributed by atoms with Crippen molar-refractivity contribution in [2.24, 2.45) is 0 Å². The molecule has 198 valence electrons. The number of unbranched alkanes of at least 4 members (excludes halogenated alkanes) is 1. The van der Waals surface area contributed by atoms with Crippen molar-refractivity contribution in [2.45, 2.75) is 71.0 Å². The monoisotopic (exact) mass is 512 g/mol. The topological polar surface area (TPSA) is 27.7 Å². The lowest BCUT2D eigenvalue weighted by molar-refractivity contribution is 0.0230. The van der Waals surface area contributed by atoms with E-state index < -0.39 is 11.6 Å². The van der Waals surface area contributed by atoms with Gasteiger partial charge in [-0.3, -0.25) is 0 Å². The van der Waals surface area contributed by atoms with Gasteiger partial charge in [-0.25, -0.2) is 8.78 Å². The van der Waals surface area contributed by atoms with Crippen LogP contribution in [0.3, 0.4) is 0 Å². The van der Waals surface area contributed by atoms with Crippen LogP contribution >= 0.6 is 0 Å². The maximum absolute atomic E-state index is 14.9. The first kappa shape index (κ1) is 27.1. The first-order chi connectivity index (χ1) is 18.0. The van der Waals surface area contributed by atoms with Crippen LogP contribution in [-0.2, 0) is 11.3 Å². The van der Waals surface area contributed by atoms with E-state index in [0.717, 1.165) is 50.7 Å². The Labute approximate surface area is 217 Å². The lowest BCUT2D eigenvalue weighted by Gasteiger charge is -2.29. The average molecular weight is 513 g/mol. The van der Waals surface area contributed by atoms with Crippen molar-refractivity contribution < 1.29 is 27.4 Å². The molecule has 1 fully saturated rings. The van der Waals surface area contributed by atoms with Crippen LogP contribution in [0, 0.1) is 17.5 Å². The lowest BCUT2D eigenvalue weighted by Crippen LogP contribution is -2.22. The average Bonchev–Trinajstić information content (AvgIpc) is 2.91. The molecular formula is C31H35F3O3. The van der Waals surface area contributed by atoms with E-state index in [0.29, 0.717) is 29.0 Å². The van der Waals surface area contributed by atoms with Gasteiger partial charge in [0.25, 0.3) is 0 Å². The molecule has 4 rings (SSSR count). The van der Waals surface area contributed by atoms with Crippen molar-refractivity contribution in [3.63, 3.8) is 0 Å². The molecule has 3 nitrogen and oxygen atoms in total. The Morgan fingerprint density at radius 2 is 1.57 bits per heavy atom. The molecule has 0 spiro atoms. The van der Waals surface area contributed by atoms with Crippen molar-refractivity contribution in [3.8, 4) is 22.6 Å². The fourth-order valence-electron chi connectivity index (χ4n) is 4.84. The van der Waals surface area contributed by atoms with E-state index in [2.05, 4.69) is 6.92 Å². The minimum Gasteiger partial charge on any atom is -0.494 e. The van der Waals surface area contributed by atoms with Crippen molar-refractivity contribution >= 4 is 0 Å². The van der Waals surface area contributed by atoms with Crippen molar-refractivity contribution in [2.75, 3.05) is 13.2 Å². The molecule has 0 atom stereocenters. The number of hydrogen-bond donors (Lipinski definition) is 0. The zero-order valence-corrected chi connectivity index (χ0v) is 21.6. The van der Waals surface area contributed by atoms with Gasteiger partial charge < -0.3 is 14.2 Å². The smallest absolute Gasteiger partial charge is 0.200 e. The van der Waals surface area contributed by atoms with Crippen LogP contribution in [0.1, 0.15) is 69.4 Å². The lowest BCUT2D eigenvalue weighted by atomic mass is 9.82. The SMILES string of the molecule is CCCCOC1CCC(c2ccc(OCc3ccc(-c4ccc(OCC)cc4F)cc3)c(F)c2F)CC1. The molecule has 1 aliphatic carbocycles. The Balaban J connectivity index is 1.35. The summed E-state index contributed by atoms with van der Waals surface area (Å²) in [5, 5.41) is 0. The number of halogens is 3. The van der Waals surface area contributed by atoms with Gasteiger partial charge in [0.1, 0.15) is 18.2 Å². The van der Waals surface area contributed by atoms with Gasteiger partial charge in [0.2, 0.25) is 5.82 Å². The van der Waals surface area contributed by atoms with E-state index in [1.165, 1.54) is 12.1 Å². The minimum atomic E-state index is -0.952. The van der Waals surface area contributed by atoms with Crippen LogP contribution in [0.4, 0.5) is 13.2 Å². The largest absolute Gasteiger partial charge is 0.494 e. The summed E-state index contributed by atoms with van der Waals surface area (Å²) in [7, 11) is 0. The van der Waals surface area contributed by atoms with Crippen LogP contribution in [-0.4, -0.2) is 19.3 Å². The Morgan fingerprint density at radius 1 is 0.811 bits per heavy atom. The van der Waals surface area contributed by atoms with Crippen LogP contribution < -0.4 is 9.47 Å². The molecule has 0 heterocycles.